The molecule has 1 aromatic rings. The second-order valence-corrected chi connectivity index (χ2v) is 2.72. The lowest BCUT2D eigenvalue weighted by molar-refractivity contribution is 0.0697. The zero-order valence-corrected chi connectivity index (χ0v) is 7.90. The Morgan fingerprint density at radius 1 is 1.64 bits per heavy atom. The van der Waals surface area contributed by atoms with Crippen LogP contribution in [0.3, 0.4) is 0 Å². The van der Waals surface area contributed by atoms with Crippen LogP contribution in [0.2, 0.25) is 0 Å². The van der Waals surface area contributed by atoms with Crippen molar-refractivity contribution in [3.63, 3.8) is 0 Å². The Labute approximate surface area is 82.3 Å². The van der Waals surface area contributed by atoms with Crippen LogP contribution in [0.4, 0.5) is 5.69 Å². The number of anilines is 1. The lowest BCUT2D eigenvalue weighted by atomic mass is 10.2. The fraction of sp³-hybridized carbons (Fsp3) is 0.200. The van der Waals surface area contributed by atoms with E-state index in [-0.39, 0.29) is 5.56 Å². The van der Waals surface area contributed by atoms with Gasteiger partial charge in [-0.25, -0.2) is 4.79 Å². The van der Waals surface area contributed by atoms with Crippen molar-refractivity contribution in [1.82, 2.24) is 0 Å². The number of nitrogens with one attached hydrogen (secondary N) is 1. The molecule has 0 saturated carbocycles. The molecule has 0 aliphatic heterocycles. The highest BCUT2D eigenvalue weighted by atomic mass is 16.4. The average molecular weight is 192 g/mol. The Morgan fingerprint density at radius 3 is 3.07 bits per heavy atom. The van der Waals surface area contributed by atoms with E-state index in [1.807, 2.05) is 6.92 Å². The first-order valence-electron chi connectivity index (χ1n) is 4.35. The van der Waals surface area contributed by atoms with Gasteiger partial charge in [-0.05, 0) is 24.6 Å². The predicted octanol–water partition coefficient (Wildman–Crippen LogP) is 2.19. The van der Waals surface area contributed by atoms with E-state index < -0.39 is 5.97 Å². The second kappa shape index (κ2) is 5.01. The minimum Gasteiger partial charge on any atom is -0.478 e. The van der Waals surface area contributed by atoms with Gasteiger partial charge in [-0.2, -0.15) is 5.10 Å². The lowest BCUT2D eigenvalue weighted by Crippen LogP contribution is -1.97. The van der Waals surface area contributed by atoms with Crippen molar-refractivity contribution in [3.8, 4) is 0 Å². The van der Waals surface area contributed by atoms with Crippen LogP contribution in [0.25, 0.3) is 0 Å². The van der Waals surface area contributed by atoms with Crippen LogP contribution in [-0.2, 0) is 0 Å². The highest BCUT2D eigenvalue weighted by Crippen LogP contribution is 2.10. The fourth-order valence-electron chi connectivity index (χ4n) is 0.933. The minimum absolute atomic E-state index is 0.252. The van der Waals surface area contributed by atoms with E-state index in [2.05, 4.69) is 10.5 Å². The third-order valence-electron chi connectivity index (χ3n) is 1.58. The van der Waals surface area contributed by atoms with Gasteiger partial charge >= 0.3 is 5.97 Å². The summed E-state index contributed by atoms with van der Waals surface area (Å²) in [5, 5.41) is 12.6. The SMILES string of the molecule is CCC=NNc1cccc(C(=O)O)c1. The molecule has 0 aliphatic rings. The summed E-state index contributed by atoms with van der Waals surface area (Å²) in [6.07, 6.45) is 2.55. The Morgan fingerprint density at radius 2 is 2.43 bits per heavy atom. The second-order valence-electron chi connectivity index (χ2n) is 2.72. The molecular formula is C10H12N2O2. The van der Waals surface area contributed by atoms with Gasteiger partial charge in [-0.15, -0.1) is 0 Å². The Kier molecular flexibility index (Phi) is 3.67. The van der Waals surface area contributed by atoms with Gasteiger partial charge in [-0.1, -0.05) is 13.0 Å². The first-order chi connectivity index (χ1) is 6.74. The first-order valence-corrected chi connectivity index (χ1v) is 4.35. The maximum atomic E-state index is 10.6. The maximum absolute atomic E-state index is 10.6. The quantitative estimate of drug-likeness (QED) is 0.567. The van der Waals surface area contributed by atoms with E-state index in [1.165, 1.54) is 12.1 Å². The molecule has 0 bridgehead atoms. The Bertz CT molecular complexity index is 348. The summed E-state index contributed by atoms with van der Waals surface area (Å²) >= 11 is 0. The molecule has 1 rings (SSSR count). The van der Waals surface area contributed by atoms with Crippen LogP contribution in [0.5, 0.6) is 0 Å². The summed E-state index contributed by atoms with van der Waals surface area (Å²) in [5.74, 6) is -0.937. The summed E-state index contributed by atoms with van der Waals surface area (Å²) < 4.78 is 0. The van der Waals surface area contributed by atoms with E-state index in [1.54, 1.807) is 18.3 Å². The summed E-state index contributed by atoms with van der Waals surface area (Å²) in [7, 11) is 0. The van der Waals surface area contributed by atoms with Crippen molar-refractivity contribution in [2.75, 3.05) is 5.43 Å². The Hall–Kier alpha value is -1.84. The molecule has 4 nitrogen and oxygen atoms in total. The highest BCUT2D eigenvalue weighted by Gasteiger charge is 2.01. The third-order valence-corrected chi connectivity index (χ3v) is 1.58. The zero-order chi connectivity index (χ0) is 10.4. The lowest BCUT2D eigenvalue weighted by Gasteiger charge is -2.00. The number of hydrogen-bond acceptors (Lipinski definition) is 3. The smallest absolute Gasteiger partial charge is 0.335 e. The Balaban J connectivity index is 2.73. The molecule has 74 valence electrons. The molecule has 0 spiro atoms. The van der Waals surface area contributed by atoms with Crippen LogP contribution in [0.15, 0.2) is 29.4 Å². The van der Waals surface area contributed by atoms with Crippen molar-refractivity contribution < 1.29 is 9.90 Å². The first kappa shape index (κ1) is 10.2. The molecule has 0 radical (unpaired) electrons. The number of aromatic carboxylic acids is 1. The molecule has 4 heteroatoms. The van der Waals surface area contributed by atoms with Gasteiger partial charge in [0.05, 0.1) is 11.3 Å². The van der Waals surface area contributed by atoms with Gasteiger partial charge < -0.3 is 5.11 Å². The van der Waals surface area contributed by atoms with Crippen molar-refractivity contribution >= 4 is 17.9 Å². The molecule has 0 aromatic heterocycles. The third kappa shape index (κ3) is 2.90. The molecule has 0 saturated heterocycles. The van der Waals surface area contributed by atoms with Gasteiger partial charge in [0, 0.05) is 6.21 Å². The van der Waals surface area contributed by atoms with Crippen molar-refractivity contribution in [2.45, 2.75) is 13.3 Å². The van der Waals surface area contributed by atoms with Crippen LogP contribution >= 0.6 is 0 Å². The van der Waals surface area contributed by atoms with Crippen molar-refractivity contribution in [1.29, 1.82) is 0 Å². The predicted molar refractivity (Wildman–Crippen MR) is 55.8 cm³/mol. The van der Waals surface area contributed by atoms with Gasteiger partial charge in [0.25, 0.3) is 0 Å². The molecule has 0 atom stereocenters. The van der Waals surface area contributed by atoms with Crippen LogP contribution in [0, 0.1) is 0 Å². The molecule has 0 fully saturated rings. The number of nitrogens with zero attached hydrogens (tertiary/aromatic N) is 1. The number of carboxylic acid groups (broad SMARTS) is 1. The molecule has 14 heavy (non-hydrogen) atoms. The van der Waals surface area contributed by atoms with Crippen LogP contribution in [0.1, 0.15) is 23.7 Å². The summed E-state index contributed by atoms with van der Waals surface area (Å²) in [4.78, 5) is 10.6. The number of benzene rings is 1. The average Bonchev–Trinajstić information content (AvgIpc) is 2.19. The van der Waals surface area contributed by atoms with E-state index in [4.69, 9.17) is 5.11 Å². The van der Waals surface area contributed by atoms with Gasteiger partial charge in [0.2, 0.25) is 0 Å². The van der Waals surface area contributed by atoms with E-state index >= 15 is 0 Å². The number of carbonyl (C=O) groups is 1. The van der Waals surface area contributed by atoms with E-state index in [9.17, 15) is 4.79 Å². The van der Waals surface area contributed by atoms with E-state index in [0.29, 0.717) is 5.69 Å². The summed E-state index contributed by atoms with van der Waals surface area (Å²) in [6, 6.07) is 6.51. The van der Waals surface area contributed by atoms with Crippen molar-refractivity contribution in [3.05, 3.63) is 29.8 Å². The molecule has 0 unspecified atom stereocenters. The summed E-state index contributed by atoms with van der Waals surface area (Å²) in [6.45, 7) is 1.97. The number of carboxylic acids is 1. The van der Waals surface area contributed by atoms with E-state index in [0.717, 1.165) is 6.42 Å². The van der Waals surface area contributed by atoms with Crippen molar-refractivity contribution in [2.24, 2.45) is 5.10 Å². The number of hydrogen-bond donors (Lipinski definition) is 2. The molecule has 0 amide bonds. The topological polar surface area (TPSA) is 61.7 Å². The molecule has 1 aromatic carbocycles. The summed E-state index contributed by atoms with van der Waals surface area (Å²) in [5.41, 5.74) is 3.67. The van der Waals surface area contributed by atoms with Gasteiger partial charge in [0.1, 0.15) is 0 Å². The maximum Gasteiger partial charge on any atom is 0.335 e. The van der Waals surface area contributed by atoms with Gasteiger partial charge in [0.15, 0.2) is 0 Å². The largest absolute Gasteiger partial charge is 0.478 e. The minimum atomic E-state index is -0.937. The standard InChI is InChI=1S/C10H12N2O2/c1-2-6-11-12-9-5-3-4-8(7-9)10(13)14/h3-7,12H,2H2,1H3,(H,13,14). The molecule has 0 aliphatic carbocycles. The van der Waals surface area contributed by atoms with Crippen LogP contribution < -0.4 is 5.43 Å². The normalized spacial score (nSPS) is 10.4. The monoisotopic (exact) mass is 192 g/mol. The molecule has 0 heterocycles. The number of hydrazone groups is 1. The molecular weight excluding hydrogens is 180 g/mol. The van der Waals surface area contributed by atoms with Gasteiger partial charge in [-0.3, -0.25) is 5.43 Å². The molecule has 2 N–H and O–H groups in total. The zero-order valence-electron chi connectivity index (χ0n) is 7.90. The van der Waals surface area contributed by atoms with Crippen LogP contribution in [-0.4, -0.2) is 17.3 Å². The number of rotatable bonds is 4. The fourth-order valence-corrected chi connectivity index (χ4v) is 0.933. The highest BCUT2D eigenvalue weighted by molar-refractivity contribution is 5.88.